The molecule has 0 saturated heterocycles. The summed E-state index contributed by atoms with van der Waals surface area (Å²) in [6.07, 6.45) is 6.16. The number of amides is 1. The van der Waals surface area contributed by atoms with Crippen LogP contribution in [0.3, 0.4) is 0 Å². The first kappa shape index (κ1) is 18.6. The second-order valence-electron chi connectivity index (χ2n) is 6.70. The predicted octanol–water partition coefficient (Wildman–Crippen LogP) is 4.02. The van der Waals surface area contributed by atoms with Gasteiger partial charge < -0.3 is 10.2 Å². The first-order chi connectivity index (χ1) is 13.0. The molecule has 2 heterocycles. The molecule has 5 nitrogen and oxygen atoms in total. The van der Waals surface area contributed by atoms with Crippen LogP contribution in [0.4, 0.5) is 11.5 Å². The van der Waals surface area contributed by atoms with E-state index in [0.29, 0.717) is 5.56 Å². The van der Waals surface area contributed by atoms with Crippen molar-refractivity contribution in [3.05, 3.63) is 83.3 Å². The van der Waals surface area contributed by atoms with Gasteiger partial charge in [0.2, 0.25) is 0 Å². The molecule has 0 saturated carbocycles. The van der Waals surface area contributed by atoms with Crippen molar-refractivity contribution < 1.29 is 4.79 Å². The molecule has 27 heavy (non-hydrogen) atoms. The van der Waals surface area contributed by atoms with Crippen LogP contribution in [0.5, 0.6) is 0 Å². The van der Waals surface area contributed by atoms with E-state index in [0.717, 1.165) is 35.6 Å². The minimum atomic E-state index is -0.130. The number of hydrogen-bond acceptors (Lipinski definition) is 4. The zero-order valence-corrected chi connectivity index (χ0v) is 15.9. The number of nitrogens with zero attached hydrogens (tertiary/aromatic N) is 3. The summed E-state index contributed by atoms with van der Waals surface area (Å²) in [4.78, 5) is 23.2. The number of aryl methyl sites for hydroxylation is 2. The van der Waals surface area contributed by atoms with Crippen LogP contribution >= 0.6 is 0 Å². The number of carbonyl (C=O) groups excluding carboxylic acids is 1. The number of nitrogens with one attached hydrogen (secondary N) is 1. The molecule has 0 radical (unpaired) electrons. The van der Waals surface area contributed by atoms with Crippen LogP contribution < -0.4 is 10.2 Å². The Balaban J connectivity index is 1.68. The van der Waals surface area contributed by atoms with Gasteiger partial charge >= 0.3 is 0 Å². The Bertz CT molecular complexity index is 925. The van der Waals surface area contributed by atoms with Crippen LogP contribution in [0.25, 0.3) is 0 Å². The molecule has 138 valence electrons. The summed E-state index contributed by atoms with van der Waals surface area (Å²) < 4.78 is 0. The number of aromatic nitrogens is 2. The van der Waals surface area contributed by atoms with Gasteiger partial charge in [0.25, 0.3) is 5.91 Å². The van der Waals surface area contributed by atoms with E-state index in [2.05, 4.69) is 20.2 Å². The van der Waals surface area contributed by atoms with Crippen LogP contribution in [0.2, 0.25) is 0 Å². The van der Waals surface area contributed by atoms with Crippen molar-refractivity contribution in [2.24, 2.45) is 0 Å². The molecule has 0 unspecified atom stereocenters. The van der Waals surface area contributed by atoms with Crippen molar-refractivity contribution in [2.45, 2.75) is 20.3 Å². The molecule has 0 aliphatic heterocycles. The number of rotatable bonds is 6. The lowest BCUT2D eigenvalue weighted by atomic mass is 10.1. The molecule has 0 aliphatic carbocycles. The molecule has 0 fully saturated rings. The van der Waals surface area contributed by atoms with Gasteiger partial charge in [-0.25, -0.2) is 4.98 Å². The largest absolute Gasteiger partial charge is 0.359 e. The monoisotopic (exact) mass is 360 g/mol. The normalized spacial score (nSPS) is 10.5. The fourth-order valence-corrected chi connectivity index (χ4v) is 2.79. The van der Waals surface area contributed by atoms with Gasteiger partial charge in [-0.1, -0.05) is 12.1 Å². The van der Waals surface area contributed by atoms with E-state index in [9.17, 15) is 4.79 Å². The minimum Gasteiger partial charge on any atom is -0.359 e. The Kier molecular flexibility index (Phi) is 5.81. The van der Waals surface area contributed by atoms with Gasteiger partial charge in [0.15, 0.2) is 0 Å². The summed E-state index contributed by atoms with van der Waals surface area (Å²) in [6, 6.07) is 13.6. The molecule has 2 aromatic heterocycles. The van der Waals surface area contributed by atoms with Crippen molar-refractivity contribution in [3.8, 4) is 0 Å². The Labute approximate surface area is 160 Å². The average Bonchev–Trinajstić information content (AvgIpc) is 2.69. The molecular weight excluding hydrogens is 336 g/mol. The van der Waals surface area contributed by atoms with Gasteiger partial charge in [-0.3, -0.25) is 9.78 Å². The highest BCUT2D eigenvalue weighted by Gasteiger charge is 2.11. The number of hydrogen-bond donors (Lipinski definition) is 1. The van der Waals surface area contributed by atoms with Gasteiger partial charge in [-0.05, 0) is 67.3 Å². The highest BCUT2D eigenvalue weighted by molar-refractivity contribution is 6.05. The number of anilines is 2. The van der Waals surface area contributed by atoms with Gasteiger partial charge in [-0.15, -0.1) is 0 Å². The van der Waals surface area contributed by atoms with E-state index in [4.69, 9.17) is 0 Å². The number of benzene rings is 1. The third-order valence-corrected chi connectivity index (χ3v) is 4.53. The molecule has 3 aromatic rings. The second-order valence-corrected chi connectivity index (χ2v) is 6.70. The number of pyridine rings is 2. The van der Waals surface area contributed by atoms with Crippen LogP contribution in [-0.2, 0) is 6.42 Å². The summed E-state index contributed by atoms with van der Waals surface area (Å²) >= 11 is 0. The maximum atomic E-state index is 12.7. The van der Waals surface area contributed by atoms with Crippen LogP contribution in [0.1, 0.15) is 27.0 Å². The molecule has 1 N–H and O–H groups in total. The molecular formula is C22H24N4O. The average molecular weight is 360 g/mol. The highest BCUT2D eigenvalue weighted by Crippen LogP contribution is 2.18. The SMILES string of the molecule is Cc1ccc(C)c(NC(=O)c2ccnc(N(C)CCc3ccncc3)c2)c1. The molecule has 0 atom stereocenters. The van der Waals surface area contributed by atoms with Crippen molar-refractivity contribution in [3.63, 3.8) is 0 Å². The maximum absolute atomic E-state index is 12.7. The van der Waals surface area contributed by atoms with E-state index in [1.54, 1.807) is 24.7 Å². The predicted molar refractivity (Wildman–Crippen MR) is 109 cm³/mol. The second kappa shape index (κ2) is 8.45. The first-order valence-electron chi connectivity index (χ1n) is 8.97. The molecule has 0 spiro atoms. The standard InChI is InChI=1S/C22H24N4O/c1-16-4-5-17(2)20(14-16)25-22(27)19-8-12-24-21(15-19)26(3)13-9-18-6-10-23-11-7-18/h4-8,10-12,14-15H,9,13H2,1-3H3,(H,25,27). The van der Waals surface area contributed by atoms with Gasteiger partial charge in [0, 0.05) is 43.4 Å². The van der Waals surface area contributed by atoms with E-state index in [-0.39, 0.29) is 5.91 Å². The Morgan fingerprint density at radius 2 is 1.81 bits per heavy atom. The van der Waals surface area contributed by atoms with E-state index in [1.807, 2.05) is 57.3 Å². The number of carbonyl (C=O) groups is 1. The maximum Gasteiger partial charge on any atom is 0.255 e. The smallest absolute Gasteiger partial charge is 0.255 e. The van der Waals surface area contributed by atoms with Crippen LogP contribution in [-0.4, -0.2) is 29.5 Å². The first-order valence-corrected chi connectivity index (χ1v) is 8.97. The summed E-state index contributed by atoms with van der Waals surface area (Å²) in [7, 11) is 1.98. The van der Waals surface area contributed by atoms with Crippen LogP contribution in [0, 0.1) is 13.8 Å². The fourth-order valence-electron chi connectivity index (χ4n) is 2.79. The zero-order valence-electron chi connectivity index (χ0n) is 15.9. The van der Waals surface area contributed by atoms with Crippen molar-refractivity contribution in [1.82, 2.24) is 9.97 Å². The topological polar surface area (TPSA) is 58.1 Å². The Morgan fingerprint density at radius 1 is 1.04 bits per heavy atom. The van der Waals surface area contributed by atoms with Crippen LogP contribution in [0.15, 0.2) is 61.1 Å². The summed E-state index contributed by atoms with van der Waals surface area (Å²) in [5.41, 5.74) is 4.81. The van der Waals surface area contributed by atoms with E-state index < -0.39 is 0 Å². The Morgan fingerprint density at radius 3 is 2.59 bits per heavy atom. The molecule has 1 amide bonds. The molecule has 0 aliphatic rings. The highest BCUT2D eigenvalue weighted by atomic mass is 16.1. The van der Waals surface area contributed by atoms with Gasteiger partial charge in [0.05, 0.1) is 0 Å². The molecule has 0 bridgehead atoms. The van der Waals surface area contributed by atoms with Crippen molar-refractivity contribution in [2.75, 3.05) is 23.8 Å². The summed E-state index contributed by atoms with van der Waals surface area (Å²) in [6.45, 7) is 4.80. The van der Waals surface area contributed by atoms with Gasteiger partial charge in [-0.2, -0.15) is 0 Å². The van der Waals surface area contributed by atoms with Gasteiger partial charge in [0.1, 0.15) is 5.82 Å². The van der Waals surface area contributed by atoms with E-state index in [1.165, 1.54) is 5.56 Å². The lowest BCUT2D eigenvalue weighted by molar-refractivity contribution is 0.102. The Hall–Kier alpha value is -3.21. The third-order valence-electron chi connectivity index (χ3n) is 4.53. The molecule has 3 rings (SSSR count). The molecule has 1 aromatic carbocycles. The lowest BCUT2D eigenvalue weighted by Crippen LogP contribution is -2.22. The summed E-state index contributed by atoms with van der Waals surface area (Å²) in [5, 5.41) is 3.00. The lowest BCUT2D eigenvalue weighted by Gasteiger charge is -2.18. The quantitative estimate of drug-likeness (QED) is 0.721. The minimum absolute atomic E-state index is 0.130. The zero-order chi connectivity index (χ0) is 19.2. The van der Waals surface area contributed by atoms with Crippen molar-refractivity contribution >= 4 is 17.4 Å². The van der Waals surface area contributed by atoms with Crippen molar-refractivity contribution in [1.29, 1.82) is 0 Å². The summed E-state index contributed by atoms with van der Waals surface area (Å²) in [5.74, 6) is 0.646. The number of likely N-dealkylation sites (N-methyl/N-ethyl adjacent to an activating group) is 1. The van der Waals surface area contributed by atoms with E-state index >= 15 is 0 Å². The third kappa shape index (κ3) is 4.91. The fraction of sp³-hybridized carbons (Fsp3) is 0.227. The molecule has 5 heteroatoms.